The number of hydrogen-bond donors (Lipinski definition) is 0. The third-order valence-corrected chi connectivity index (χ3v) is 7.68. The fraction of sp³-hybridized carbons (Fsp3) is 0.276. The first-order valence-corrected chi connectivity index (χ1v) is 13.1. The predicted molar refractivity (Wildman–Crippen MR) is 149 cm³/mol. The molecule has 0 N–H and O–H groups in total. The molecule has 0 atom stereocenters. The minimum atomic E-state index is -4.32. The highest BCUT2D eigenvalue weighted by Gasteiger charge is 2.48. The molecule has 0 aliphatic carbocycles. The summed E-state index contributed by atoms with van der Waals surface area (Å²) in [6.45, 7) is -0.188. The molecule has 3 aromatic rings. The van der Waals surface area contributed by atoms with E-state index in [2.05, 4.69) is 0 Å². The Hall–Kier alpha value is -3.43. The fourth-order valence-electron chi connectivity index (χ4n) is 4.76. The van der Waals surface area contributed by atoms with Gasteiger partial charge in [0, 0.05) is 50.4 Å². The number of nitrogens with zero attached hydrogens (tertiary/aromatic N) is 3. The van der Waals surface area contributed by atoms with E-state index in [0.717, 1.165) is 0 Å². The van der Waals surface area contributed by atoms with Gasteiger partial charge in [-0.25, -0.2) is 4.39 Å². The number of halogens is 6. The van der Waals surface area contributed by atoms with Gasteiger partial charge in [-0.1, -0.05) is 35.3 Å². The van der Waals surface area contributed by atoms with Crippen LogP contribution in [0.1, 0.15) is 15.9 Å². The number of amides is 1. The van der Waals surface area contributed by atoms with Crippen molar-refractivity contribution in [1.82, 2.24) is 4.90 Å². The van der Waals surface area contributed by atoms with Crippen molar-refractivity contribution in [3.63, 3.8) is 0 Å². The molecule has 0 radical (unpaired) electrons. The first-order chi connectivity index (χ1) is 18.9. The number of carbonyl (C=O) groups is 1. The highest BCUT2D eigenvalue weighted by atomic mass is 35.5. The molecule has 3 aromatic carbocycles. The minimum absolute atomic E-state index is 0.143. The number of hydrogen-bond acceptors (Lipinski definition) is 4. The Morgan fingerprint density at radius 3 is 2.30 bits per heavy atom. The molecule has 0 aromatic heterocycles. The zero-order valence-electron chi connectivity index (χ0n) is 21.8. The molecule has 0 unspecified atom stereocenters. The zero-order valence-corrected chi connectivity index (χ0v) is 23.3. The molecule has 40 heavy (non-hydrogen) atoms. The average Bonchev–Trinajstić information content (AvgIpc) is 3.69. The van der Waals surface area contributed by atoms with Crippen LogP contribution in [0.25, 0.3) is 16.8 Å². The maximum atomic E-state index is 15.0. The summed E-state index contributed by atoms with van der Waals surface area (Å²) in [5.74, 6) is -1.72. The lowest BCUT2D eigenvalue weighted by molar-refractivity contribution is -0.180. The Labute approximate surface area is 239 Å². The Balaban J connectivity index is 1.61. The summed E-state index contributed by atoms with van der Waals surface area (Å²) in [5.41, 5.74) is 3.14. The number of alkyl halides is 3. The molecule has 1 amide bonds. The zero-order chi connectivity index (χ0) is 28.9. The molecule has 2 aliphatic rings. The fourth-order valence-corrected chi connectivity index (χ4v) is 5.24. The van der Waals surface area contributed by atoms with Gasteiger partial charge in [0.25, 0.3) is 5.91 Å². The van der Waals surface area contributed by atoms with Crippen molar-refractivity contribution in [2.24, 2.45) is 5.92 Å². The molecule has 0 saturated carbocycles. The second kappa shape index (κ2) is 10.5. The van der Waals surface area contributed by atoms with Crippen LogP contribution in [0.15, 0.2) is 60.4 Å². The van der Waals surface area contributed by atoms with Gasteiger partial charge in [0.2, 0.25) is 0 Å². The number of ether oxygens (including phenoxy) is 1. The molecule has 210 valence electrons. The van der Waals surface area contributed by atoms with Gasteiger partial charge < -0.3 is 19.4 Å². The Morgan fingerprint density at radius 1 is 1.00 bits per heavy atom. The van der Waals surface area contributed by atoms with Gasteiger partial charge in [-0.15, -0.1) is 0 Å². The van der Waals surface area contributed by atoms with Crippen molar-refractivity contribution >= 4 is 46.2 Å². The maximum absolute atomic E-state index is 15.0. The summed E-state index contributed by atoms with van der Waals surface area (Å²) in [5, 5.41) is 0.560. The van der Waals surface area contributed by atoms with E-state index in [1.165, 1.54) is 17.0 Å². The number of carbonyl (C=O) groups excluding carboxylic acids is 1. The Morgan fingerprint density at radius 2 is 1.70 bits per heavy atom. The van der Waals surface area contributed by atoms with Crippen molar-refractivity contribution in [1.29, 1.82) is 0 Å². The van der Waals surface area contributed by atoms with Crippen molar-refractivity contribution in [3.8, 4) is 11.1 Å². The minimum Gasteiger partial charge on any atom is -0.484 e. The van der Waals surface area contributed by atoms with Gasteiger partial charge in [-0.2, -0.15) is 13.2 Å². The summed E-state index contributed by atoms with van der Waals surface area (Å²) in [6, 6.07) is 14.5. The standard InChI is InChI=1S/C29H25Cl2F4N3O2/c1-36(2)28(39)17-7-9-20(30)19(11-17)16-8-10-23(24(12-16)38-13-18(14-38)29(33,34)35)37(3)27(25-15-40-25)26-21(31)5-4-6-22(26)32/h4-12,18H,13-15H2,1-3H3. The summed E-state index contributed by atoms with van der Waals surface area (Å²) in [4.78, 5) is 17.3. The van der Waals surface area contributed by atoms with E-state index in [0.29, 0.717) is 44.5 Å². The topological polar surface area (TPSA) is 39.3 Å². The van der Waals surface area contributed by atoms with Crippen LogP contribution >= 0.6 is 23.2 Å². The smallest absolute Gasteiger partial charge is 0.395 e. The van der Waals surface area contributed by atoms with Gasteiger partial charge in [0.05, 0.1) is 33.6 Å². The lowest BCUT2D eigenvalue weighted by Gasteiger charge is -2.43. The van der Waals surface area contributed by atoms with E-state index in [1.807, 2.05) is 0 Å². The number of benzene rings is 3. The lowest BCUT2D eigenvalue weighted by atomic mass is 9.95. The molecular weight excluding hydrogens is 569 g/mol. The monoisotopic (exact) mass is 593 g/mol. The van der Waals surface area contributed by atoms with Crippen molar-refractivity contribution in [2.75, 3.05) is 50.6 Å². The molecule has 2 heterocycles. The molecule has 0 spiro atoms. The third kappa shape index (κ3) is 5.32. The summed E-state index contributed by atoms with van der Waals surface area (Å²) in [7, 11) is 4.96. The van der Waals surface area contributed by atoms with Crippen LogP contribution in [0.2, 0.25) is 10.0 Å². The Kier molecular flexibility index (Phi) is 7.39. The number of epoxide rings is 1. The van der Waals surface area contributed by atoms with Crippen LogP contribution in [-0.2, 0) is 4.74 Å². The molecule has 2 fully saturated rings. The molecule has 5 rings (SSSR count). The molecule has 2 saturated heterocycles. The van der Waals surface area contributed by atoms with E-state index in [4.69, 9.17) is 27.9 Å². The lowest BCUT2D eigenvalue weighted by Crippen LogP contribution is -2.53. The molecule has 11 heteroatoms. The largest absolute Gasteiger partial charge is 0.484 e. The van der Waals surface area contributed by atoms with E-state index in [-0.39, 0.29) is 36.2 Å². The third-order valence-electron chi connectivity index (χ3n) is 7.04. The van der Waals surface area contributed by atoms with Crippen LogP contribution in [-0.4, -0.2) is 57.8 Å². The highest BCUT2D eigenvalue weighted by molar-refractivity contribution is 6.33. The van der Waals surface area contributed by atoms with Gasteiger partial charge in [0.15, 0.2) is 5.76 Å². The predicted octanol–water partition coefficient (Wildman–Crippen LogP) is 7.34. The van der Waals surface area contributed by atoms with Gasteiger partial charge in [-0.3, -0.25) is 4.79 Å². The average molecular weight is 594 g/mol. The number of anilines is 2. The van der Waals surface area contributed by atoms with E-state index < -0.39 is 17.9 Å². The molecular formula is C29H25Cl2F4N3O2. The van der Waals surface area contributed by atoms with Crippen LogP contribution in [0, 0.1) is 11.7 Å². The van der Waals surface area contributed by atoms with Crippen LogP contribution in [0.3, 0.4) is 0 Å². The first-order valence-electron chi connectivity index (χ1n) is 12.4. The second-order valence-corrected chi connectivity index (χ2v) is 10.8. The van der Waals surface area contributed by atoms with E-state index in [1.54, 1.807) is 73.4 Å². The summed E-state index contributed by atoms with van der Waals surface area (Å²) in [6.07, 6.45) is -4.32. The van der Waals surface area contributed by atoms with Crippen LogP contribution < -0.4 is 9.80 Å². The molecule has 5 nitrogen and oxygen atoms in total. The SMILES string of the molecule is CN(C)C(=O)c1ccc(Cl)c(-c2ccc(N(C)C(=C3CO3)c3c(F)cccc3Cl)c(N3CC(C(F)(F)F)C3)c2)c1. The molecule has 2 aliphatic heterocycles. The quantitative estimate of drug-likeness (QED) is 0.221. The number of rotatable bonds is 6. The van der Waals surface area contributed by atoms with Crippen LogP contribution in [0.5, 0.6) is 0 Å². The maximum Gasteiger partial charge on any atom is 0.395 e. The second-order valence-electron chi connectivity index (χ2n) is 9.96. The van der Waals surface area contributed by atoms with Crippen molar-refractivity contribution in [3.05, 3.63) is 87.3 Å². The Bertz CT molecular complexity index is 1490. The van der Waals surface area contributed by atoms with Crippen LogP contribution in [0.4, 0.5) is 28.9 Å². The first kappa shape index (κ1) is 28.1. The van der Waals surface area contributed by atoms with Crippen molar-refractivity contribution < 1.29 is 27.1 Å². The molecule has 0 bridgehead atoms. The summed E-state index contributed by atoms with van der Waals surface area (Å²) >= 11 is 12.9. The normalized spacial score (nSPS) is 16.3. The van der Waals surface area contributed by atoms with E-state index >= 15 is 0 Å². The van der Waals surface area contributed by atoms with E-state index in [9.17, 15) is 22.4 Å². The van der Waals surface area contributed by atoms with Gasteiger partial charge in [0.1, 0.15) is 12.4 Å². The highest BCUT2D eigenvalue weighted by Crippen LogP contribution is 2.46. The van der Waals surface area contributed by atoms with Crippen molar-refractivity contribution in [2.45, 2.75) is 6.18 Å². The van der Waals surface area contributed by atoms with Gasteiger partial charge >= 0.3 is 6.18 Å². The van der Waals surface area contributed by atoms with Gasteiger partial charge in [-0.05, 0) is 48.0 Å². The summed E-state index contributed by atoms with van der Waals surface area (Å²) < 4.78 is 60.7.